The maximum Gasteiger partial charge on any atom is 0.241 e. The predicted molar refractivity (Wildman–Crippen MR) is 92.3 cm³/mol. The normalized spacial score (nSPS) is 21.1. The molecule has 1 aromatic heterocycles. The van der Waals surface area contributed by atoms with E-state index in [0.717, 1.165) is 23.1 Å². The van der Waals surface area contributed by atoms with Gasteiger partial charge in [0.1, 0.15) is 0 Å². The molecule has 1 aromatic carbocycles. The van der Waals surface area contributed by atoms with Gasteiger partial charge in [-0.1, -0.05) is 17.7 Å². The van der Waals surface area contributed by atoms with Crippen molar-refractivity contribution in [3.8, 4) is 0 Å². The van der Waals surface area contributed by atoms with E-state index in [4.69, 9.17) is 4.74 Å². The van der Waals surface area contributed by atoms with Crippen LogP contribution in [0.4, 0.5) is 0 Å². The first-order valence-electron chi connectivity index (χ1n) is 8.02. The molecule has 0 radical (unpaired) electrons. The molecule has 2 atom stereocenters. The van der Waals surface area contributed by atoms with Crippen LogP contribution in [0.5, 0.6) is 0 Å². The quantitative estimate of drug-likeness (QED) is 0.901. The van der Waals surface area contributed by atoms with Gasteiger partial charge in [0.15, 0.2) is 0 Å². The predicted octanol–water partition coefficient (Wildman–Crippen LogP) is 2.23. The molecule has 0 bridgehead atoms. The second kappa shape index (κ2) is 7.01. The third-order valence-corrected chi connectivity index (χ3v) is 6.02. The zero-order chi connectivity index (χ0) is 17.2. The lowest BCUT2D eigenvalue weighted by Gasteiger charge is -2.20. The summed E-state index contributed by atoms with van der Waals surface area (Å²) in [5, 5.41) is 0. The Kier molecular flexibility index (Phi) is 4.99. The van der Waals surface area contributed by atoms with Crippen molar-refractivity contribution in [2.24, 2.45) is 5.92 Å². The topological polar surface area (TPSA) is 68.3 Å². The Bertz CT molecular complexity index is 806. The minimum atomic E-state index is -3.56. The number of rotatable bonds is 5. The fourth-order valence-electron chi connectivity index (χ4n) is 3.12. The molecule has 0 aliphatic carbocycles. The van der Waals surface area contributed by atoms with Crippen LogP contribution in [0, 0.1) is 19.8 Å². The highest BCUT2D eigenvalue weighted by atomic mass is 32.2. The summed E-state index contributed by atoms with van der Waals surface area (Å²) in [6.07, 6.45) is 4.27. The number of ether oxygens (including phenoxy) is 1. The number of hydrogen-bond donors (Lipinski definition) is 1. The molecule has 2 unspecified atom stereocenters. The van der Waals surface area contributed by atoms with Crippen LogP contribution in [0.3, 0.4) is 0 Å². The van der Waals surface area contributed by atoms with Gasteiger partial charge in [-0.3, -0.25) is 4.98 Å². The summed E-state index contributed by atoms with van der Waals surface area (Å²) in [6, 6.07) is 9.06. The first-order chi connectivity index (χ1) is 11.5. The summed E-state index contributed by atoms with van der Waals surface area (Å²) < 4.78 is 33.8. The minimum Gasteiger partial charge on any atom is -0.379 e. The molecular weight excluding hydrogens is 324 g/mol. The average molecular weight is 346 g/mol. The van der Waals surface area contributed by atoms with Gasteiger partial charge in [0.05, 0.1) is 24.2 Å². The molecule has 1 fully saturated rings. The van der Waals surface area contributed by atoms with Crippen molar-refractivity contribution < 1.29 is 13.2 Å². The Morgan fingerprint density at radius 1 is 1.17 bits per heavy atom. The van der Waals surface area contributed by atoms with E-state index in [1.54, 1.807) is 18.5 Å². The average Bonchev–Trinajstić information content (AvgIpc) is 2.94. The van der Waals surface area contributed by atoms with Crippen LogP contribution in [-0.2, 0) is 21.2 Å². The summed E-state index contributed by atoms with van der Waals surface area (Å²) in [4.78, 5) is 4.35. The molecule has 6 heteroatoms. The molecule has 2 heterocycles. The summed E-state index contributed by atoms with van der Waals surface area (Å²) in [5.41, 5.74) is 2.94. The lowest BCUT2D eigenvalue weighted by atomic mass is 9.96. The third-order valence-electron chi connectivity index (χ3n) is 4.37. The van der Waals surface area contributed by atoms with Gasteiger partial charge in [0.25, 0.3) is 0 Å². The summed E-state index contributed by atoms with van der Waals surface area (Å²) in [6.45, 7) is 4.73. The molecule has 128 valence electrons. The Hall–Kier alpha value is -1.76. The van der Waals surface area contributed by atoms with E-state index in [-0.39, 0.29) is 12.0 Å². The maximum absolute atomic E-state index is 12.7. The number of aryl methyl sites for hydroxylation is 2. The maximum atomic E-state index is 12.7. The first-order valence-corrected chi connectivity index (χ1v) is 9.50. The summed E-state index contributed by atoms with van der Waals surface area (Å²) in [7, 11) is -3.56. The third kappa shape index (κ3) is 3.83. The van der Waals surface area contributed by atoms with E-state index in [0.29, 0.717) is 18.1 Å². The number of nitrogens with zero attached hydrogens (tertiary/aromatic N) is 1. The molecule has 3 rings (SSSR count). The minimum absolute atomic E-state index is 0.118. The SMILES string of the molecule is Cc1ccc(S(=O)(=O)NC2COCC2Cc2ccncc2)c(C)c1. The monoisotopic (exact) mass is 346 g/mol. The lowest BCUT2D eigenvalue weighted by Crippen LogP contribution is -2.40. The van der Waals surface area contributed by atoms with Crippen molar-refractivity contribution in [2.75, 3.05) is 13.2 Å². The Balaban J connectivity index is 1.76. The number of sulfonamides is 1. The largest absolute Gasteiger partial charge is 0.379 e. The number of benzene rings is 1. The lowest BCUT2D eigenvalue weighted by molar-refractivity contribution is 0.183. The van der Waals surface area contributed by atoms with Crippen LogP contribution in [0.15, 0.2) is 47.6 Å². The molecular formula is C18H22N2O3S. The van der Waals surface area contributed by atoms with E-state index in [2.05, 4.69) is 9.71 Å². The van der Waals surface area contributed by atoms with Gasteiger partial charge < -0.3 is 4.74 Å². The number of aromatic nitrogens is 1. The van der Waals surface area contributed by atoms with Crippen LogP contribution < -0.4 is 4.72 Å². The van der Waals surface area contributed by atoms with Gasteiger partial charge in [-0.05, 0) is 49.6 Å². The Morgan fingerprint density at radius 2 is 1.92 bits per heavy atom. The second-order valence-electron chi connectivity index (χ2n) is 6.35. The molecule has 2 aromatic rings. The zero-order valence-electron chi connectivity index (χ0n) is 13.9. The van der Waals surface area contributed by atoms with Gasteiger partial charge in [0, 0.05) is 18.3 Å². The van der Waals surface area contributed by atoms with Gasteiger partial charge in [0.2, 0.25) is 10.0 Å². The van der Waals surface area contributed by atoms with Crippen LogP contribution in [-0.4, -0.2) is 32.7 Å². The van der Waals surface area contributed by atoms with Crippen molar-refractivity contribution in [3.05, 3.63) is 59.4 Å². The number of nitrogens with one attached hydrogen (secondary N) is 1. The van der Waals surface area contributed by atoms with Crippen molar-refractivity contribution >= 4 is 10.0 Å². The molecule has 0 amide bonds. The molecule has 1 aliphatic heterocycles. The first kappa shape index (κ1) is 17.1. The van der Waals surface area contributed by atoms with Gasteiger partial charge >= 0.3 is 0 Å². The summed E-state index contributed by atoms with van der Waals surface area (Å²) in [5.74, 6) is 0.118. The molecule has 0 spiro atoms. The Morgan fingerprint density at radius 3 is 2.62 bits per heavy atom. The van der Waals surface area contributed by atoms with Crippen molar-refractivity contribution in [1.29, 1.82) is 0 Å². The van der Waals surface area contributed by atoms with Crippen LogP contribution in [0.25, 0.3) is 0 Å². The van der Waals surface area contributed by atoms with E-state index >= 15 is 0 Å². The highest BCUT2D eigenvalue weighted by Gasteiger charge is 2.32. The van der Waals surface area contributed by atoms with Crippen LogP contribution in [0.1, 0.15) is 16.7 Å². The van der Waals surface area contributed by atoms with Gasteiger partial charge in [-0.2, -0.15) is 0 Å². The Labute approximate surface area is 143 Å². The number of pyridine rings is 1. The molecule has 24 heavy (non-hydrogen) atoms. The van der Waals surface area contributed by atoms with E-state index in [9.17, 15) is 8.42 Å². The smallest absolute Gasteiger partial charge is 0.241 e. The van der Waals surface area contributed by atoms with Crippen molar-refractivity contribution in [1.82, 2.24) is 9.71 Å². The zero-order valence-corrected chi connectivity index (χ0v) is 14.7. The summed E-state index contributed by atoms with van der Waals surface area (Å²) >= 11 is 0. The van der Waals surface area contributed by atoms with Gasteiger partial charge in [-0.15, -0.1) is 0 Å². The van der Waals surface area contributed by atoms with Gasteiger partial charge in [-0.25, -0.2) is 13.1 Å². The van der Waals surface area contributed by atoms with Crippen molar-refractivity contribution in [2.45, 2.75) is 31.2 Å². The second-order valence-corrected chi connectivity index (χ2v) is 8.04. The fourth-order valence-corrected chi connectivity index (χ4v) is 4.63. The highest BCUT2D eigenvalue weighted by Crippen LogP contribution is 2.22. The molecule has 5 nitrogen and oxygen atoms in total. The molecule has 1 saturated heterocycles. The van der Waals surface area contributed by atoms with Crippen LogP contribution in [0.2, 0.25) is 0 Å². The van der Waals surface area contributed by atoms with Crippen LogP contribution >= 0.6 is 0 Å². The van der Waals surface area contributed by atoms with Crippen molar-refractivity contribution in [3.63, 3.8) is 0 Å². The van der Waals surface area contributed by atoms with E-state index < -0.39 is 10.0 Å². The standard InChI is InChI=1S/C18H22N2O3S/c1-13-3-4-18(14(2)9-13)24(21,22)20-17-12-23-11-16(17)10-15-5-7-19-8-6-15/h3-9,16-17,20H,10-12H2,1-2H3. The molecule has 1 N–H and O–H groups in total. The molecule has 1 aliphatic rings. The van der Waals surface area contributed by atoms with E-state index in [1.807, 2.05) is 38.1 Å². The van der Waals surface area contributed by atoms with E-state index in [1.165, 1.54) is 0 Å². The fraction of sp³-hybridized carbons (Fsp3) is 0.389. The highest BCUT2D eigenvalue weighted by molar-refractivity contribution is 7.89. The molecule has 0 saturated carbocycles. The number of hydrogen-bond acceptors (Lipinski definition) is 4.